The number of anilines is 2. The first-order valence-electron chi connectivity index (χ1n) is 6.81. The van der Waals surface area contributed by atoms with Gasteiger partial charge in [0.25, 0.3) is 0 Å². The smallest absolute Gasteiger partial charge is 0.331 e. The monoisotopic (exact) mass is 317 g/mol. The molecule has 0 saturated carbocycles. The van der Waals surface area contributed by atoms with Crippen molar-refractivity contribution < 1.29 is 14.3 Å². The highest BCUT2D eigenvalue weighted by atomic mass is 32.1. The van der Waals surface area contributed by atoms with Crippen molar-refractivity contribution in [3.63, 3.8) is 0 Å². The number of aromatic nitrogens is 1. The molecule has 2 heterocycles. The minimum absolute atomic E-state index is 0.0559. The second kappa shape index (κ2) is 5.76. The van der Waals surface area contributed by atoms with Crippen molar-refractivity contribution in [2.75, 3.05) is 23.3 Å². The van der Waals surface area contributed by atoms with Crippen LogP contribution in [0.3, 0.4) is 0 Å². The summed E-state index contributed by atoms with van der Waals surface area (Å²) in [6.45, 7) is 3.99. The third-order valence-corrected chi connectivity index (χ3v) is 4.35. The second-order valence-electron chi connectivity index (χ2n) is 5.01. The normalized spacial score (nSPS) is 13.5. The van der Waals surface area contributed by atoms with Crippen LogP contribution in [0.1, 0.15) is 10.6 Å². The van der Waals surface area contributed by atoms with Gasteiger partial charge in [0, 0.05) is 4.88 Å². The van der Waals surface area contributed by atoms with E-state index in [0.29, 0.717) is 10.9 Å². The molecule has 114 valence electrons. The highest BCUT2D eigenvalue weighted by Gasteiger charge is 2.25. The Labute approximate surface area is 131 Å². The van der Waals surface area contributed by atoms with E-state index in [4.69, 9.17) is 4.74 Å². The summed E-state index contributed by atoms with van der Waals surface area (Å²) < 4.78 is 5.16. The Morgan fingerprint density at radius 3 is 2.91 bits per heavy atom. The summed E-state index contributed by atoms with van der Waals surface area (Å²) >= 11 is 1.44. The fraction of sp³-hybridized carbons (Fsp3) is 0.267. The zero-order valence-electron chi connectivity index (χ0n) is 12.3. The molecule has 22 heavy (non-hydrogen) atoms. The average molecular weight is 317 g/mol. The maximum absolute atomic E-state index is 12.2. The number of aryl methyl sites for hydroxylation is 2. The minimum Gasteiger partial charge on any atom is -0.423 e. The first kappa shape index (κ1) is 14.5. The number of esters is 1. The van der Waals surface area contributed by atoms with Crippen LogP contribution in [0.5, 0.6) is 5.75 Å². The topological polar surface area (TPSA) is 71.5 Å². The molecule has 3 rings (SSSR count). The Hall–Kier alpha value is -2.41. The number of carbonyl (C=O) groups is 2. The molecule has 1 aromatic heterocycles. The molecule has 1 N–H and O–H groups in total. The molecule has 0 bridgehead atoms. The van der Waals surface area contributed by atoms with Crippen molar-refractivity contribution in [2.24, 2.45) is 0 Å². The molecule has 7 heteroatoms. The summed E-state index contributed by atoms with van der Waals surface area (Å²) in [6.07, 6.45) is 0. The van der Waals surface area contributed by atoms with Gasteiger partial charge < -0.3 is 15.0 Å². The summed E-state index contributed by atoms with van der Waals surface area (Å²) in [5.74, 6) is -0.0989. The predicted octanol–water partition coefficient (Wildman–Crippen LogP) is 2.12. The van der Waals surface area contributed by atoms with Crippen LogP contribution in [-0.2, 0) is 9.59 Å². The Kier molecular flexibility index (Phi) is 3.81. The second-order valence-corrected chi connectivity index (χ2v) is 6.21. The molecule has 2 aromatic rings. The first-order chi connectivity index (χ1) is 10.5. The number of rotatable bonds is 3. The molecule has 1 aliphatic rings. The van der Waals surface area contributed by atoms with Crippen molar-refractivity contribution in [1.29, 1.82) is 0 Å². The third-order valence-electron chi connectivity index (χ3n) is 3.36. The van der Waals surface area contributed by atoms with Crippen LogP contribution >= 0.6 is 11.3 Å². The lowest BCUT2D eigenvalue weighted by molar-refractivity contribution is -0.133. The molecular formula is C15H15N3O3S. The summed E-state index contributed by atoms with van der Waals surface area (Å²) in [4.78, 5) is 30.8. The minimum atomic E-state index is -0.368. The van der Waals surface area contributed by atoms with Crippen molar-refractivity contribution >= 4 is 34.0 Å². The maximum atomic E-state index is 12.2. The molecule has 0 spiro atoms. The SMILES string of the molecule is Cc1nc(NC(=O)CN2CC(=O)Oc3ccccc32)sc1C. The van der Waals surface area contributed by atoms with Crippen molar-refractivity contribution in [1.82, 2.24) is 4.98 Å². The van der Waals surface area contributed by atoms with Crippen LogP contribution in [0, 0.1) is 13.8 Å². The van der Waals surface area contributed by atoms with Gasteiger partial charge in [-0.15, -0.1) is 11.3 Å². The number of carbonyl (C=O) groups excluding carboxylic acids is 2. The molecule has 6 nitrogen and oxygen atoms in total. The number of thiazole rings is 1. The molecule has 0 fully saturated rings. The van der Waals surface area contributed by atoms with Gasteiger partial charge in [-0.05, 0) is 26.0 Å². The summed E-state index contributed by atoms with van der Waals surface area (Å²) in [6, 6.07) is 7.17. The van der Waals surface area contributed by atoms with Crippen molar-refractivity contribution in [2.45, 2.75) is 13.8 Å². The van der Waals surface area contributed by atoms with Gasteiger partial charge in [-0.3, -0.25) is 4.79 Å². The van der Waals surface area contributed by atoms with E-state index in [9.17, 15) is 9.59 Å². The number of para-hydroxylation sites is 2. The van der Waals surface area contributed by atoms with Gasteiger partial charge in [0.15, 0.2) is 10.9 Å². The molecule has 1 aromatic carbocycles. The van der Waals surface area contributed by atoms with E-state index in [1.165, 1.54) is 11.3 Å². The first-order valence-corrected chi connectivity index (χ1v) is 7.63. The average Bonchev–Trinajstić information content (AvgIpc) is 2.76. The standard InChI is InChI=1S/C15H15N3O3S/c1-9-10(2)22-15(16-9)17-13(19)7-18-8-14(20)21-12-6-4-3-5-11(12)18/h3-6H,7-8H2,1-2H3,(H,16,17,19). The van der Waals surface area contributed by atoms with Gasteiger partial charge in [0.05, 0.1) is 17.9 Å². The highest BCUT2D eigenvalue weighted by Crippen LogP contribution is 2.31. The lowest BCUT2D eigenvalue weighted by atomic mass is 10.2. The fourth-order valence-corrected chi connectivity index (χ4v) is 3.03. The maximum Gasteiger partial charge on any atom is 0.331 e. The molecule has 1 aliphatic heterocycles. The Morgan fingerprint density at radius 2 is 2.18 bits per heavy atom. The van der Waals surface area contributed by atoms with Crippen LogP contribution in [0.2, 0.25) is 0 Å². The van der Waals surface area contributed by atoms with Gasteiger partial charge >= 0.3 is 5.97 Å². The van der Waals surface area contributed by atoms with Gasteiger partial charge in [-0.25, -0.2) is 9.78 Å². The molecule has 0 unspecified atom stereocenters. The van der Waals surface area contributed by atoms with Gasteiger partial charge in [0.1, 0.15) is 6.54 Å². The van der Waals surface area contributed by atoms with E-state index in [1.54, 1.807) is 17.0 Å². The Bertz CT molecular complexity index is 722. The molecule has 1 amide bonds. The predicted molar refractivity (Wildman–Crippen MR) is 84.5 cm³/mol. The van der Waals surface area contributed by atoms with Crippen LogP contribution in [0.15, 0.2) is 24.3 Å². The van der Waals surface area contributed by atoms with Crippen molar-refractivity contribution in [3.05, 3.63) is 34.8 Å². The van der Waals surface area contributed by atoms with E-state index in [1.807, 2.05) is 26.0 Å². The lowest BCUT2D eigenvalue weighted by Crippen LogP contribution is -2.41. The summed E-state index contributed by atoms with van der Waals surface area (Å²) in [5, 5.41) is 3.35. The van der Waals surface area contributed by atoms with Crippen LogP contribution in [-0.4, -0.2) is 29.9 Å². The quantitative estimate of drug-likeness (QED) is 0.693. The fourth-order valence-electron chi connectivity index (χ4n) is 2.20. The van der Waals surface area contributed by atoms with Crippen LogP contribution in [0.25, 0.3) is 0 Å². The summed E-state index contributed by atoms with van der Waals surface area (Å²) in [5.41, 5.74) is 1.65. The molecule has 0 saturated heterocycles. The van der Waals surface area contributed by atoms with Crippen LogP contribution in [0.4, 0.5) is 10.8 Å². The number of ether oxygens (including phenoxy) is 1. The molecule has 0 radical (unpaired) electrons. The number of amides is 1. The zero-order chi connectivity index (χ0) is 15.7. The molecule has 0 aliphatic carbocycles. The number of hydrogen-bond donors (Lipinski definition) is 1. The van der Waals surface area contributed by atoms with E-state index < -0.39 is 0 Å². The number of nitrogens with zero attached hydrogens (tertiary/aromatic N) is 2. The van der Waals surface area contributed by atoms with E-state index in [2.05, 4.69) is 10.3 Å². The molecular weight excluding hydrogens is 302 g/mol. The number of nitrogens with one attached hydrogen (secondary N) is 1. The Morgan fingerprint density at radius 1 is 1.41 bits per heavy atom. The van der Waals surface area contributed by atoms with Crippen molar-refractivity contribution in [3.8, 4) is 5.75 Å². The van der Waals surface area contributed by atoms with Gasteiger partial charge in [0.2, 0.25) is 5.91 Å². The molecule has 0 atom stereocenters. The zero-order valence-corrected chi connectivity index (χ0v) is 13.1. The van der Waals surface area contributed by atoms with E-state index in [0.717, 1.165) is 16.3 Å². The van der Waals surface area contributed by atoms with Gasteiger partial charge in [-0.2, -0.15) is 0 Å². The number of hydrogen-bond acceptors (Lipinski definition) is 6. The highest BCUT2D eigenvalue weighted by molar-refractivity contribution is 7.15. The number of fused-ring (bicyclic) bond motifs is 1. The number of benzene rings is 1. The van der Waals surface area contributed by atoms with Crippen LogP contribution < -0.4 is 15.0 Å². The van der Waals surface area contributed by atoms with E-state index in [-0.39, 0.29) is 25.0 Å². The van der Waals surface area contributed by atoms with E-state index >= 15 is 0 Å². The largest absolute Gasteiger partial charge is 0.423 e. The summed E-state index contributed by atoms with van der Waals surface area (Å²) in [7, 11) is 0. The van der Waals surface area contributed by atoms with Gasteiger partial charge in [-0.1, -0.05) is 12.1 Å². The third kappa shape index (κ3) is 2.94. The lowest BCUT2D eigenvalue weighted by Gasteiger charge is -2.28. The Balaban J connectivity index is 1.72.